The van der Waals surface area contributed by atoms with Crippen LogP contribution in [0.15, 0.2) is 0 Å². The summed E-state index contributed by atoms with van der Waals surface area (Å²) in [6.45, 7) is 6.93. The van der Waals surface area contributed by atoms with Gasteiger partial charge in [-0.3, -0.25) is 4.79 Å². The molecule has 1 amide bonds. The van der Waals surface area contributed by atoms with Gasteiger partial charge < -0.3 is 10.0 Å². The smallest absolute Gasteiger partial charge is 0.326 e. The van der Waals surface area contributed by atoms with Crippen LogP contribution in [-0.4, -0.2) is 34.5 Å². The number of nitrogens with zero attached hydrogens (tertiary/aromatic N) is 1. The molecule has 1 unspecified atom stereocenters. The van der Waals surface area contributed by atoms with E-state index in [9.17, 15) is 9.59 Å². The average Bonchev–Trinajstić information content (AvgIpc) is 2.63. The van der Waals surface area contributed by atoms with Crippen molar-refractivity contribution in [3.05, 3.63) is 0 Å². The minimum absolute atomic E-state index is 0.00282. The summed E-state index contributed by atoms with van der Waals surface area (Å²) in [6.07, 6.45) is 2.89. The Morgan fingerprint density at radius 2 is 2.00 bits per heavy atom. The molecular formula is C13H23NO3. The lowest BCUT2D eigenvalue weighted by molar-refractivity contribution is -0.148. The number of hydrogen-bond donors (Lipinski definition) is 1. The molecule has 2 atom stereocenters. The summed E-state index contributed by atoms with van der Waals surface area (Å²) in [5.41, 5.74) is 0. The van der Waals surface area contributed by atoms with Crippen molar-refractivity contribution in [2.24, 2.45) is 11.8 Å². The van der Waals surface area contributed by atoms with Crippen LogP contribution in [0.3, 0.4) is 0 Å². The third kappa shape index (κ3) is 4.02. The number of likely N-dealkylation sites (tertiary alicyclic amines) is 1. The lowest BCUT2D eigenvalue weighted by Crippen LogP contribution is -2.41. The van der Waals surface area contributed by atoms with E-state index >= 15 is 0 Å². The molecule has 98 valence electrons. The fourth-order valence-electron chi connectivity index (χ4n) is 2.63. The highest BCUT2D eigenvalue weighted by atomic mass is 16.4. The Balaban J connectivity index is 2.49. The van der Waals surface area contributed by atoms with Crippen LogP contribution in [0.5, 0.6) is 0 Å². The summed E-state index contributed by atoms with van der Waals surface area (Å²) in [5, 5.41) is 9.02. The number of carbonyl (C=O) groups is 2. The zero-order chi connectivity index (χ0) is 13.0. The quantitative estimate of drug-likeness (QED) is 0.802. The number of carboxylic acids is 1. The zero-order valence-electron chi connectivity index (χ0n) is 11.0. The first-order valence-electron chi connectivity index (χ1n) is 6.44. The Morgan fingerprint density at radius 1 is 1.35 bits per heavy atom. The summed E-state index contributed by atoms with van der Waals surface area (Å²) < 4.78 is 0. The molecule has 4 heteroatoms. The van der Waals surface area contributed by atoms with E-state index < -0.39 is 12.0 Å². The lowest BCUT2D eigenvalue weighted by atomic mass is 9.95. The fraction of sp³-hybridized carbons (Fsp3) is 0.846. The van der Waals surface area contributed by atoms with Crippen LogP contribution in [0, 0.1) is 11.8 Å². The molecule has 1 N–H and O–H groups in total. The molecule has 1 aliphatic heterocycles. The Bertz CT molecular complexity index is 288. The third-order valence-electron chi connectivity index (χ3n) is 3.26. The topological polar surface area (TPSA) is 57.6 Å². The van der Waals surface area contributed by atoms with E-state index in [0.29, 0.717) is 31.2 Å². The standard InChI is InChI=1S/C13H23NO3/c1-9(2)7-10(3)8-12(15)14-6-4-5-11(14)13(16)17/h9-11H,4-8H2,1-3H3,(H,16,17)/t10?,11-/m0/s1. The molecule has 1 aliphatic rings. The third-order valence-corrected chi connectivity index (χ3v) is 3.26. The second-order valence-corrected chi connectivity index (χ2v) is 5.52. The van der Waals surface area contributed by atoms with Crippen molar-refractivity contribution >= 4 is 11.9 Å². The predicted octanol–water partition coefficient (Wildman–Crippen LogP) is 2.13. The van der Waals surface area contributed by atoms with Gasteiger partial charge in [0.2, 0.25) is 5.91 Å². The molecule has 1 rings (SSSR count). The zero-order valence-corrected chi connectivity index (χ0v) is 11.0. The van der Waals surface area contributed by atoms with Crippen molar-refractivity contribution in [3.63, 3.8) is 0 Å². The van der Waals surface area contributed by atoms with Gasteiger partial charge in [0.1, 0.15) is 6.04 Å². The monoisotopic (exact) mass is 241 g/mol. The minimum atomic E-state index is -0.868. The van der Waals surface area contributed by atoms with Gasteiger partial charge in [-0.15, -0.1) is 0 Å². The van der Waals surface area contributed by atoms with Gasteiger partial charge in [0, 0.05) is 13.0 Å². The van der Waals surface area contributed by atoms with Gasteiger partial charge in [-0.1, -0.05) is 20.8 Å². The van der Waals surface area contributed by atoms with Crippen LogP contribution in [0.25, 0.3) is 0 Å². The van der Waals surface area contributed by atoms with Crippen molar-refractivity contribution in [1.29, 1.82) is 0 Å². The van der Waals surface area contributed by atoms with E-state index in [-0.39, 0.29) is 5.91 Å². The van der Waals surface area contributed by atoms with Gasteiger partial charge in [-0.05, 0) is 31.1 Å². The number of carbonyl (C=O) groups excluding carboxylic acids is 1. The summed E-state index contributed by atoms with van der Waals surface area (Å²) in [6, 6.07) is -0.589. The highest BCUT2D eigenvalue weighted by Crippen LogP contribution is 2.22. The van der Waals surface area contributed by atoms with E-state index in [1.54, 1.807) is 4.90 Å². The van der Waals surface area contributed by atoms with Crippen LogP contribution in [0.2, 0.25) is 0 Å². The molecule has 0 bridgehead atoms. The molecule has 1 fully saturated rings. The maximum atomic E-state index is 12.0. The number of hydrogen-bond acceptors (Lipinski definition) is 2. The molecule has 0 aromatic rings. The summed E-state index contributed by atoms with van der Waals surface area (Å²) in [5.74, 6) is 0.0413. The summed E-state index contributed by atoms with van der Waals surface area (Å²) in [7, 11) is 0. The Kier molecular flexibility index (Phi) is 4.97. The molecule has 0 aromatic carbocycles. The number of amides is 1. The van der Waals surface area contributed by atoms with Gasteiger partial charge >= 0.3 is 5.97 Å². The van der Waals surface area contributed by atoms with Crippen LogP contribution < -0.4 is 0 Å². The van der Waals surface area contributed by atoms with Gasteiger partial charge in [0.25, 0.3) is 0 Å². The van der Waals surface area contributed by atoms with Gasteiger partial charge in [-0.25, -0.2) is 4.79 Å². The van der Waals surface area contributed by atoms with Crippen molar-refractivity contribution < 1.29 is 14.7 Å². The molecule has 1 saturated heterocycles. The van der Waals surface area contributed by atoms with Crippen LogP contribution in [-0.2, 0) is 9.59 Å². The second kappa shape index (κ2) is 6.03. The minimum Gasteiger partial charge on any atom is -0.480 e. The fourth-order valence-corrected chi connectivity index (χ4v) is 2.63. The highest BCUT2D eigenvalue weighted by molar-refractivity contribution is 5.84. The first-order valence-corrected chi connectivity index (χ1v) is 6.44. The Morgan fingerprint density at radius 3 is 2.53 bits per heavy atom. The molecule has 0 saturated carbocycles. The van der Waals surface area contributed by atoms with Crippen molar-refractivity contribution in [1.82, 2.24) is 4.90 Å². The normalized spacial score (nSPS) is 21.9. The Labute approximate surface area is 103 Å². The molecule has 0 radical (unpaired) electrons. The lowest BCUT2D eigenvalue weighted by Gasteiger charge is -2.23. The maximum Gasteiger partial charge on any atom is 0.326 e. The number of carboxylic acid groups (broad SMARTS) is 1. The van der Waals surface area contributed by atoms with Crippen molar-refractivity contribution in [2.75, 3.05) is 6.54 Å². The molecule has 0 aliphatic carbocycles. The SMILES string of the molecule is CC(C)CC(C)CC(=O)N1CCC[C@H]1C(=O)O. The number of aliphatic carboxylic acids is 1. The van der Waals surface area contributed by atoms with Crippen LogP contribution in [0.1, 0.15) is 46.5 Å². The first kappa shape index (κ1) is 14.0. The molecule has 4 nitrogen and oxygen atoms in total. The molecule has 0 aromatic heterocycles. The van der Waals surface area contributed by atoms with Crippen LogP contribution >= 0.6 is 0 Å². The van der Waals surface area contributed by atoms with E-state index in [1.165, 1.54) is 0 Å². The van der Waals surface area contributed by atoms with E-state index in [0.717, 1.165) is 12.8 Å². The summed E-state index contributed by atoms with van der Waals surface area (Å²) in [4.78, 5) is 24.5. The van der Waals surface area contributed by atoms with Crippen molar-refractivity contribution in [2.45, 2.75) is 52.5 Å². The molecule has 17 heavy (non-hydrogen) atoms. The van der Waals surface area contributed by atoms with Gasteiger partial charge in [-0.2, -0.15) is 0 Å². The first-order chi connectivity index (χ1) is 7.91. The predicted molar refractivity (Wildman–Crippen MR) is 65.6 cm³/mol. The maximum absolute atomic E-state index is 12.0. The molecule has 0 spiro atoms. The van der Waals surface area contributed by atoms with Gasteiger partial charge in [0.05, 0.1) is 0 Å². The van der Waals surface area contributed by atoms with Crippen LogP contribution in [0.4, 0.5) is 0 Å². The molecule has 1 heterocycles. The van der Waals surface area contributed by atoms with E-state index in [2.05, 4.69) is 20.8 Å². The summed E-state index contributed by atoms with van der Waals surface area (Å²) >= 11 is 0. The molecular weight excluding hydrogens is 218 g/mol. The Hall–Kier alpha value is -1.06. The van der Waals surface area contributed by atoms with E-state index in [1.807, 2.05) is 0 Å². The second-order valence-electron chi connectivity index (χ2n) is 5.52. The van der Waals surface area contributed by atoms with Gasteiger partial charge in [0.15, 0.2) is 0 Å². The average molecular weight is 241 g/mol. The van der Waals surface area contributed by atoms with Crippen molar-refractivity contribution in [3.8, 4) is 0 Å². The largest absolute Gasteiger partial charge is 0.480 e. The number of rotatable bonds is 5. The van der Waals surface area contributed by atoms with E-state index in [4.69, 9.17) is 5.11 Å². The highest BCUT2D eigenvalue weighted by Gasteiger charge is 2.34.